The normalized spacial score (nSPS) is 23.9. The molecule has 1 aromatic heterocycles. The molecule has 0 bridgehead atoms. The van der Waals surface area contributed by atoms with Gasteiger partial charge in [-0.15, -0.1) is 11.3 Å². The molecule has 1 aliphatic heterocycles. The lowest BCUT2D eigenvalue weighted by molar-refractivity contribution is -0.126. The van der Waals surface area contributed by atoms with Gasteiger partial charge in [0.25, 0.3) is 5.91 Å². The molecule has 2 rings (SSSR count). The van der Waals surface area contributed by atoms with E-state index in [0.29, 0.717) is 11.7 Å². The van der Waals surface area contributed by atoms with Crippen LogP contribution in [0.15, 0.2) is 0 Å². The van der Waals surface area contributed by atoms with Crippen molar-refractivity contribution in [2.24, 2.45) is 5.73 Å². The van der Waals surface area contributed by atoms with Crippen molar-refractivity contribution in [3.05, 3.63) is 10.6 Å². The van der Waals surface area contributed by atoms with E-state index in [4.69, 9.17) is 10.5 Å². The first-order valence-corrected chi connectivity index (χ1v) is 6.52. The number of carbonyl (C=O) groups excluding carboxylic acids is 1. The topological polar surface area (TPSA) is 77.2 Å². The molecule has 0 radical (unpaired) electrons. The minimum absolute atomic E-state index is 0.0190. The number of thiazole rings is 1. The van der Waals surface area contributed by atoms with Gasteiger partial charge in [-0.25, -0.2) is 4.98 Å². The minimum Gasteiger partial charge on any atom is -0.364 e. The van der Waals surface area contributed by atoms with Gasteiger partial charge in [0.2, 0.25) is 0 Å². The van der Waals surface area contributed by atoms with Gasteiger partial charge in [0.05, 0.1) is 11.8 Å². The Morgan fingerprint density at radius 2 is 2.35 bits per heavy atom. The molecule has 1 amide bonds. The smallest absolute Gasteiger partial charge is 0.255 e. The van der Waals surface area contributed by atoms with E-state index in [0.717, 1.165) is 23.4 Å². The van der Waals surface area contributed by atoms with Crippen molar-refractivity contribution in [2.75, 3.05) is 11.9 Å². The fourth-order valence-electron chi connectivity index (χ4n) is 1.78. The Labute approximate surface area is 104 Å². The predicted octanol–water partition coefficient (Wildman–Crippen LogP) is 1.20. The molecule has 3 N–H and O–H groups in total. The fraction of sp³-hybridized carbons (Fsp3) is 0.636. The van der Waals surface area contributed by atoms with Crippen LogP contribution in [0.3, 0.4) is 0 Å². The summed E-state index contributed by atoms with van der Waals surface area (Å²) < 4.78 is 5.52. The summed E-state index contributed by atoms with van der Waals surface area (Å²) in [6.45, 7) is 4.39. The molecule has 1 saturated heterocycles. The SMILES string of the molecule is Cc1nc(NC(=O)C2CCC(CN)O2)sc1C. The number of hydrogen-bond donors (Lipinski definition) is 2. The maximum atomic E-state index is 11.9. The van der Waals surface area contributed by atoms with Gasteiger partial charge in [-0.05, 0) is 26.7 Å². The Balaban J connectivity index is 1.93. The summed E-state index contributed by atoms with van der Waals surface area (Å²) in [5, 5.41) is 3.44. The molecule has 0 aromatic carbocycles. The number of nitrogens with two attached hydrogens (primary N) is 1. The molecular formula is C11H17N3O2S. The van der Waals surface area contributed by atoms with Crippen molar-refractivity contribution in [3.63, 3.8) is 0 Å². The summed E-state index contributed by atoms with van der Waals surface area (Å²) in [5.41, 5.74) is 6.46. The third-order valence-electron chi connectivity index (χ3n) is 2.92. The average molecular weight is 255 g/mol. The molecule has 2 unspecified atom stereocenters. The number of nitrogens with one attached hydrogen (secondary N) is 1. The zero-order chi connectivity index (χ0) is 12.4. The van der Waals surface area contributed by atoms with E-state index in [1.165, 1.54) is 11.3 Å². The highest BCUT2D eigenvalue weighted by atomic mass is 32.1. The monoisotopic (exact) mass is 255 g/mol. The number of aryl methyl sites for hydroxylation is 2. The van der Waals surface area contributed by atoms with Gasteiger partial charge < -0.3 is 10.5 Å². The summed E-state index contributed by atoms with van der Waals surface area (Å²) >= 11 is 1.48. The molecule has 1 aromatic rings. The number of anilines is 1. The van der Waals surface area contributed by atoms with Crippen LogP contribution >= 0.6 is 11.3 Å². The van der Waals surface area contributed by atoms with E-state index in [9.17, 15) is 4.79 Å². The molecule has 5 nitrogen and oxygen atoms in total. The Bertz CT molecular complexity index is 399. The van der Waals surface area contributed by atoms with Crippen LogP contribution in [-0.4, -0.2) is 29.6 Å². The zero-order valence-electron chi connectivity index (χ0n) is 10.0. The average Bonchev–Trinajstić information content (AvgIpc) is 2.87. The van der Waals surface area contributed by atoms with Gasteiger partial charge in [-0.3, -0.25) is 10.1 Å². The summed E-state index contributed by atoms with van der Waals surface area (Å²) in [6.07, 6.45) is 1.22. The molecule has 1 aliphatic rings. The fourth-order valence-corrected chi connectivity index (χ4v) is 2.60. The minimum atomic E-state index is -0.381. The van der Waals surface area contributed by atoms with Crippen LogP contribution in [0, 0.1) is 13.8 Å². The van der Waals surface area contributed by atoms with E-state index in [-0.39, 0.29) is 18.1 Å². The van der Waals surface area contributed by atoms with Crippen LogP contribution < -0.4 is 11.1 Å². The Morgan fingerprint density at radius 1 is 1.59 bits per heavy atom. The van der Waals surface area contributed by atoms with Crippen LogP contribution in [0.25, 0.3) is 0 Å². The van der Waals surface area contributed by atoms with Crippen molar-refractivity contribution in [1.29, 1.82) is 0 Å². The van der Waals surface area contributed by atoms with Crippen LogP contribution in [-0.2, 0) is 9.53 Å². The number of amides is 1. The highest BCUT2D eigenvalue weighted by molar-refractivity contribution is 7.15. The maximum absolute atomic E-state index is 11.9. The largest absolute Gasteiger partial charge is 0.364 e. The lowest BCUT2D eigenvalue weighted by Crippen LogP contribution is -2.29. The first kappa shape index (κ1) is 12.5. The van der Waals surface area contributed by atoms with Crippen molar-refractivity contribution in [2.45, 2.75) is 38.9 Å². The van der Waals surface area contributed by atoms with Gasteiger partial charge in [0.15, 0.2) is 5.13 Å². The molecule has 0 saturated carbocycles. The Morgan fingerprint density at radius 3 is 2.88 bits per heavy atom. The maximum Gasteiger partial charge on any atom is 0.255 e. The number of carbonyl (C=O) groups is 1. The van der Waals surface area contributed by atoms with E-state index >= 15 is 0 Å². The first-order valence-electron chi connectivity index (χ1n) is 5.70. The molecule has 2 atom stereocenters. The van der Waals surface area contributed by atoms with Gasteiger partial charge in [-0.1, -0.05) is 0 Å². The molecule has 6 heteroatoms. The number of rotatable bonds is 3. The Hall–Kier alpha value is -0.980. The molecular weight excluding hydrogens is 238 g/mol. The number of hydrogen-bond acceptors (Lipinski definition) is 5. The second-order valence-electron chi connectivity index (χ2n) is 4.21. The molecule has 17 heavy (non-hydrogen) atoms. The predicted molar refractivity (Wildman–Crippen MR) is 67.2 cm³/mol. The second kappa shape index (κ2) is 5.12. The summed E-state index contributed by atoms with van der Waals surface area (Å²) in [4.78, 5) is 17.3. The summed E-state index contributed by atoms with van der Waals surface area (Å²) in [7, 11) is 0. The quantitative estimate of drug-likeness (QED) is 0.851. The summed E-state index contributed by atoms with van der Waals surface area (Å²) in [6, 6.07) is 0. The molecule has 0 spiro atoms. The highest BCUT2D eigenvalue weighted by Crippen LogP contribution is 2.24. The van der Waals surface area contributed by atoms with Crippen LogP contribution in [0.5, 0.6) is 0 Å². The molecule has 0 aliphatic carbocycles. The lowest BCUT2D eigenvalue weighted by Gasteiger charge is -2.11. The van der Waals surface area contributed by atoms with Gasteiger partial charge in [0.1, 0.15) is 6.10 Å². The molecule has 1 fully saturated rings. The number of nitrogens with zero attached hydrogens (tertiary/aromatic N) is 1. The van der Waals surface area contributed by atoms with Crippen molar-refractivity contribution >= 4 is 22.4 Å². The van der Waals surface area contributed by atoms with E-state index in [1.54, 1.807) is 0 Å². The van der Waals surface area contributed by atoms with Crippen molar-refractivity contribution in [3.8, 4) is 0 Å². The number of aromatic nitrogens is 1. The third-order valence-corrected chi connectivity index (χ3v) is 3.91. The van der Waals surface area contributed by atoms with Gasteiger partial charge in [-0.2, -0.15) is 0 Å². The first-order chi connectivity index (χ1) is 8.10. The van der Waals surface area contributed by atoms with Crippen LogP contribution in [0.4, 0.5) is 5.13 Å². The molecule has 94 valence electrons. The lowest BCUT2D eigenvalue weighted by atomic mass is 10.2. The number of ether oxygens (including phenoxy) is 1. The summed E-state index contributed by atoms with van der Waals surface area (Å²) in [5.74, 6) is -0.116. The van der Waals surface area contributed by atoms with Crippen molar-refractivity contribution in [1.82, 2.24) is 4.98 Å². The highest BCUT2D eigenvalue weighted by Gasteiger charge is 2.30. The third kappa shape index (κ3) is 2.83. The van der Waals surface area contributed by atoms with Crippen LogP contribution in [0.2, 0.25) is 0 Å². The second-order valence-corrected chi connectivity index (χ2v) is 5.41. The van der Waals surface area contributed by atoms with Gasteiger partial charge in [0, 0.05) is 11.4 Å². The Kier molecular flexibility index (Phi) is 3.76. The van der Waals surface area contributed by atoms with Gasteiger partial charge >= 0.3 is 0 Å². The van der Waals surface area contributed by atoms with E-state index < -0.39 is 0 Å². The van der Waals surface area contributed by atoms with E-state index in [2.05, 4.69) is 10.3 Å². The zero-order valence-corrected chi connectivity index (χ0v) is 10.8. The van der Waals surface area contributed by atoms with E-state index in [1.807, 2.05) is 13.8 Å². The standard InChI is InChI=1S/C11H17N3O2S/c1-6-7(2)17-11(13-6)14-10(15)9-4-3-8(5-12)16-9/h8-9H,3-5,12H2,1-2H3,(H,13,14,15). The van der Waals surface area contributed by atoms with Crippen LogP contribution in [0.1, 0.15) is 23.4 Å². The van der Waals surface area contributed by atoms with Crippen molar-refractivity contribution < 1.29 is 9.53 Å². The molecule has 2 heterocycles.